The molecule has 1 heterocycles. The molecule has 0 atom stereocenters. The number of benzene rings is 2. The summed E-state index contributed by atoms with van der Waals surface area (Å²) in [5.41, 5.74) is 9.74. The van der Waals surface area contributed by atoms with Crippen LogP contribution in [-0.2, 0) is 11.2 Å². The molecule has 1 aliphatic rings. The number of hydrogen-bond donors (Lipinski definition) is 1. The van der Waals surface area contributed by atoms with Gasteiger partial charge in [-0.2, -0.15) is 0 Å². The van der Waals surface area contributed by atoms with E-state index in [9.17, 15) is 4.79 Å². The first-order valence-corrected chi connectivity index (χ1v) is 7.10. The maximum absolute atomic E-state index is 12.4. The number of rotatable bonds is 3. The van der Waals surface area contributed by atoms with Crippen molar-refractivity contribution in [1.82, 2.24) is 0 Å². The fraction of sp³-hybridized carbons (Fsp3) is 0.235. The molecule has 2 N–H and O–H groups in total. The van der Waals surface area contributed by atoms with E-state index in [0.29, 0.717) is 12.2 Å². The molecular formula is C17H19N3O. The summed E-state index contributed by atoms with van der Waals surface area (Å²) < 4.78 is 0. The molecule has 21 heavy (non-hydrogen) atoms. The average molecular weight is 281 g/mol. The van der Waals surface area contributed by atoms with Crippen molar-refractivity contribution < 1.29 is 4.79 Å². The Hall–Kier alpha value is -2.49. The lowest BCUT2D eigenvalue weighted by atomic mass is 10.2. The van der Waals surface area contributed by atoms with Crippen molar-refractivity contribution in [3.63, 3.8) is 0 Å². The van der Waals surface area contributed by atoms with Crippen molar-refractivity contribution in [2.24, 2.45) is 0 Å². The van der Waals surface area contributed by atoms with Gasteiger partial charge in [0.1, 0.15) is 0 Å². The maximum atomic E-state index is 12.4. The van der Waals surface area contributed by atoms with Crippen LogP contribution in [0.5, 0.6) is 0 Å². The van der Waals surface area contributed by atoms with Gasteiger partial charge in [0, 0.05) is 30.7 Å². The normalized spacial score (nSPS) is 13.1. The standard InChI is InChI=1S/C17H19N3O/c1-19(15-8-6-14(18)7-9-15)17(21)12-20-11-10-13-4-2-3-5-16(13)20/h2-9H,10-12,18H2,1H3. The molecule has 1 aliphatic heterocycles. The number of carbonyl (C=O) groups is 1. The van der Waals surface area contributed by atoms with E-state index in [2.05, 4.69) is 17.0 Å². The number of nitrogens with zero attached hydrogens (tertiary/aromatic N) is 2. The van der Waals surface area contributed by atoms with E-state index in [0.717, 1.165) is 18.7 Å². The van der Waals surface area contributed by atoms with E-state index < -0.39 is 0 Å². The van der Waals surface area contributed by atoms with Gasteiger partial charge in [-0.1, -0.05) is 18.2 Å². The summed E-state index contributed by atoms with van der Waals surface area (Å²) in [6.07, 6.45) is 1.01. The van der Waals surface area contributed by atoms with E-state index in [1.165, 1.54) is 11.3 Å². The molecule has 3 rings (SSSR count). The van der Waals surface area contributed by atoms with Gasteiger partial charge in [-0.15, -0.1) is 0 Å². The lowest BCUT2D eigenvalue weighted by molar-refractivity contribution is -0.117. The fourth-order valence-corrected chi connectivity index (χ4v) is 2.68. The Labute approximate surface area is 124 Å². The van der Waals surface area contributed by atoms with Crippen LogP contribution in [-0.4, -0.2) is 26.0 Å². The van der Waals surface area contributed by atoms with Gasteiger partial charge in [0.2, 0.25) is 5.91 Å². The topological polar surface area (TPSA) is 49.6 Å². The zero-order valence-corrected chi connectivity index (χ0v) is 12.1. The van der Waals surface area contributed by atoms with Gasteiger partial charge in [0.25, 0.3) is 0 Å². The Bertz CT molecular complexity index is 651. The SMILES string of the molecule is CN(C(=O)CN1CCc2ccccc21)c1ccc(N)cc1. The van der Waals surface area contributed by atoms with E-state index in [1.807, 2.05) is 36.4 Å². The van der Waals surface area contributed by atoms with E-state index in [4.69, 9.17) is 5.73 Å². The summed E-state index contributed by atoms with van der Waals surface area (Å²) in [6, 6.07) is 15.6. The minimum atomic E-state index is 0.0801. The number of likely N-dealkylation sites (N-methyl/N-ethyl adjacent to an activating group) is 1. The van der Waals surface area contributed by atoms with Gasteiger partial charge >= 0.3 is 0 Å². The molecule has 108 valence electrons. The summed E-state index contributed by atoms with van der Waals surface area (Å²) in [5, 5.41) is 0. The zero-order valence-electron chi connectivity index (χ0n) is 12.1. The fourth-order valence-electron chi connectivity index (χ4n) is 2.68. The largest absolute Gasteiger partial charge is 0.399 e. The van der Waals surface area contributed by atoms with Gasteiger partial charge in [-0.3, -0.25) is 4.79 Å². The second kappa shape index (κ2) is 5.48. The highest BCUT2D eigenvalue weighted by molar-refractivity contribution is 5.96. The lowest BCUT2D eigenvalue weighted by Crippen LogP contribution is -2.37. The first kappa shape index (κ1) is 13.5. The van der Waals surface area contributed by atoms with Crippen LogP contribution in [0, 0.1) is 0 Å². The van der Waals surface area contributed by atoms with Crippen molar-refractivity contribution in [2.45, 2.75) is 6.42 Å². The number of hydrogen-bond acceptors (Lipinski definition) is 3. The molecule has 0 fully saturated rings. The van der Waals surface area contributed by atoms with Crippen LogP contribution in [0.1, 0.15) is 5.56 Å². The highest BCUT2D eigenvalue weighted by atomic mass is 16.2. The second-order valence-electron chi connectivity index (χ2n) is 5.34. The van der Waals surface area contributed by atoms with Crippen LogP contribution in [0.3, 0.4) is 0 Å². The minimum Gasteiger partial charge on any atom is -0.399 e. The number of nitrogens with two attached hydrogens (primary N) is 1. The number of fused-ring (bicyclic) bond motifs is 1. The smallest absolute Gasteiger partial charge is 0.246 e. The van der Waals surface area contributed by atoms with E-state index >= 15 is 0 Å². The summed E-state index contributed by atoms with van der Waals surface area (Å²) in [6.45, 7) is 1.30. The maximum Gasteiger partial charge on any atom is 0.246 e. The molecule has 0 aromatic heterocycles. The van der Waals surface area contributed by atoms with Crippen LogP contribution in [0.4, 0.5) is 17.1 Å². The third-order valence-electron chi connectivity index (χ3n) is 3.96. The molecule has 0 saturated carbocycles. The predicted octanol–water partition coefficient (Wildman–Crippen LogP) is 2.29. The first-order valence-electron chi connectivity index (χ1n) is 7.10. The van der Waals surface area contributed by atoms with Crippen molar-refractivity contribution in [3.05, 3.63) is 54.1 Å². The number of para-hydroxylation sites is 1. The molecule has 0 aliphatic carbocycles. The average Bonchev–Trinajstić information content (AvgIpc) is 2.91. The summed E-state index contributed by atoms with van der Waals surface area (Å²) in [5.74, 6) is 0.0801. The van der Waals surface area contributed by atoms with Crippen LogP contribution >= 0.6 is 0 Å². The molecule has 1 amide bonds. The molecule has 4 heteroatoms. The second-order valence-corrected chi connectivity index (χ2v) is 5.34. The zero-order chi connectivity index (χ0) is 14.8. The van der Waals surface area contributed by atoms with E-state index in [1.54, 1.807) is 11.9 Å². The first-order chi connectivity index (χ1) is 10.1. The highest BCUT2D eigenvalue weighted by Crippen LogP contribution is 2.27. The summed E-state index contributed by atoms with van der Waals surface area (Å²) in [4.78, 5) is 16.3. The molecule has 0 saturated heterocycles. The molecular weight excluding hydrogens is 262 g/mol. The van der Waals surface area contributed by atoms with Crippen molar-refractivity contribution in [3.8, 4) is 0 Å². The Morgan fingerprint density at radius 2 is 1.90 bits per heavy atom. The van der Waals surface area contributed by atoms with Crippen molar-refractivity contribution >= 4 is 23.0 Å². The molecule has 4 nitrogen and oxygen atoms in total. The predicted molar refractivity (Wildman–Crippen MR) is 86.6 cm³/mol. The van der Waals surface area contributed by atoms with Crippen molar-refractivity contribution in [2.75, 3.05) is 35.7 Å². The van der Waals surface area contributed by atoms with Crippen LogP contribution in [0.15, 0.2) is 48.5 Å². The van der Waals surface area contributed by atoms with Crippen LogP contribution in [0.25, 0.3) is 0 Å². The molecule has 0 bridgehead atoms. The van der Waals surface area contributed by atoms with Crippen LogP contribution < -0.4 is 15.5 Å². The Morgan fingerprint density at radius 1 is 1.19 bits per heavy atom. The number of anilines is 3. The van der Waals surface area contributed by atoms with Gasteiger partial charge in [-0.25, -0.2) is 0 Å². The summed E-state index contributed by atoms with van der Waals surface area (Å²) in [7, 11) is 1.80. The third-order valence-corrected chi connectivity index (χ3v) is 3.96. The molecule has 2 aromatic carbocycles. The van der Waals surface area contributed by atoms with Crippen molar-refractivity contribution in [1.29, 1.82) is 0 Å². The minimum absolute atomic E-state index is 0.0801. The third kappa shape index (κ3) is 2.70. The molecule has 0 unspecified atom stereocenters. The van der Waals surface area contributed by atoms with Gasteiger partial charge < -0.3 is 15.5 Å². The summed E-state index contributed by atoms with van der Waals surface area (Å²) >= 11 is 0. The Balaban J connectivity index is 1.71. The molecule has 0 spiro atoms. The Kier molecular flexibility index (Phi) is 3.52. The number of amides is 1. The lowest BCUT2D eigenvalue weighted by Gasteiger charge is -2.23. The quantitative estimate of drug-likeness (QED) is 0.878. The molecule has 0 radical (unpaired) electrons. The monoisotopic (exact) mass is 281 g/mol. The van der Waals surface area contributed by atoms with Crippen LogP contribution in [0.2, 0.25) is 0 Å². The Morgan fingerprint density at radius 3 is 2.67 bits per heavy atom. The highest BCUT2D eigenvalue weighted by Gasteiger charge is 2.22. The van der Waals surface area contributed by atoms with Gasteiger partial charge in [0.15, 0.2) is 0 Å². The number of nitrogen functional groups attached to an aromatic ring is 1. The molecule has 2 aromatic rings. The van der Waals surface area contributed by atoms with E-state index in [-0.39, 0.29) is 5.91 Å². The van der Waals surface area contributed by atoms with Gasteiger partial charge in [0.05, 0.1) is 6.54 Å². The number of carbonyl (C=O) groups excluding carboxylic acids is 1. The van der Waals surface area contributed by atoms with Gasteiger partial charge in [-0.05, 0) is 42.3 Å².